The van der Waals surface area contributed by atoms with Crippen LogP contribution in [0.3, 0.4) is 0 Å². The van der Waals surface area contributed by atoms with Gasteiger partial charge in [0.05, 0.1) is 11.9 Å². The second-order valence-corrected chi connectivity index (χ2v) is 10.5. The van der Waals surface area contributed by atoms with E-state index in [2.05, 4.69) is 14.8 Å². The summed E-state index contributed by atoms with van der Waals surface area (Å²) in [4.78, 5) is 23.6. The lowest BCUT2D eigenvalue weighted by atomic mass is 9.71. The van der Waals surface area contributed by atoms with Crippen molar-refractivity contribution in [3.63, 3.8) is 0 Å². The molecule has 0 atom stereocenters. The summed E-state index contributed by atoms with van der Waals surface area (Å²) >= 11 is 0. The van der Waals surface area contributed by atoms with E-state index in [1.807, 2.05) is 37.8 Å². The lowest BCUT2D eigenvalue weighted by Gasteiger charge is -2.55. The lowest BCUT2D eigenvalue weighted by molar-refractivity contribution is -0.0579. The number of aromatic nitrogens is 1. The molecule has 1 amide bonds. The number of carbonyl (C=O) groups excluding carboxylic acids is 1. The molecule has 7 nitrogen and oxygen atoms in total. The number of rotatable bonds is 3. The molecule has 3 aliphatic rings. The Labute approximate surface area is 180 Å². The topological polar surface area (TPSA) is 74.9 Å². The van der Waals surface area contributed by atoms with Gasteiger partial charge in [-0.1, -0.05) is 0 Å². The first-order chi connectivity index (χ1) is 14.2. The summed E-state index contributed by atoms with van der Waals surface area (Å²) in [7, 11) is 0. The molecule has 4 rings (SSSR count). The van der Waals surface area contributed by atoms with Crippen LogP contribution in [0.2, 0.25) is 0 Å². The minimum atomic E-state index is -0.418. The average molecular weight is 416 g/mol. The van der Waals surface area contributed by atoms with E-state index in [9.17, 15) is 4.79 Å². The van der Waals surface area contributed by atoms with Crippen LogP contribution in [-0.4, -0.2) is 72.3 Å². The number of hydrogen-bond donors (Lipinski definition) is 1. The molecule has 3 fully saturated rings. The first-order valence-electron chi connectivity index (χ1n) is 11.4. The Morgan fingerprint density at radius 3 is 2.40 bits per heavy atom. The van der Waals surface area contributed by atoms with Crippen LogP contribution in [0.1, 0.15) is 46.5 Å². The first-order valence-corrected chi connectivity index (χ1v) is 11.4. The van der Waals surface area contributed by atoms with Gasteiger partial charge in [-0.2, -0.15) is 0 Å². The summed E-state index contributed by atoms with van der Waals surface area (Å²) in [5.41, 5.74) is 6.47. The van der Waals surface area contributed by atoms with Gasteiger partial charge in [-0.05, 0) is 69.9 Å². The molecule has 0 unspecified atom stereocenters. The maximum atomic E-state index is 12.3. The van der Waals surface area contributed by atoms with E-state index in [0.717, 1.165) is 56.4 Å². The zero-order valence-corrected chi connectivity index (χ0v) is 18.8. The summed E-state index contributed by atoms with van der Waals surface area (Å²) < 4.78 is 5.53. The summed E-state index contributed by atoms with van der Waals surface area (Å²) in [6, 6.07) is 3.96. The van der Waals surface area contributed by atoms with Crippen molar-refractivity contribution in [1.82, 2.24) is 14.8 Å². The van der Waals surface area contributed by atoms with E-state index in [-0.39, 0.29) is 6.09 Å². The predicted molar refractivity (Wildman–Crippen MR) is 120 cm³/mol. The van der Waals surface area contributed by atoms with Crippen LogP contribution in [0.25, 0.3) is 0 Å². The molecule has 0 aliphatic carbocycles. The molecular formula is C23H37N5O2. The summed E-state index contributed by atoms with van der Waals surface area (Å²) in [6.45, 7) is 13.2. The quantitative estimate of drug-likeness (QED) is 0.817. The fraction of sp³-hybridized carbons (Fsp3) is 0.739. The fourth-order valence-corrected chi connectivity index (χ4v) is 5.13. The Morgan fingerprint density at radius 2 is 1.83 bits per heavy atom. The standard InChI is InChI=1S/C23H37N5O2/c1-22(2,3)30-21(29)28-12-8-23(9-13-28)16-26(17-23)15-18-6-10-27(11-7-18)20-5-4-19(24)14-25-20/h4-5,14,18H,6-13,15-17,24H2,1-3H3. The largest absolute Gasteiger partial charge is 0.444 e. The Bertz CT molecular complexity index is 721. The van der Waals surface area contributed by atoms with Crippen molar-refractivity contribution in [3.8, 4) is 0 Å². The monoisotopic (exact) mass is 415 g/mol. The number of hydrogen-bond acceptors (Lipinski definition) is 6. The van der Waals surface area contributed by atoms with E-state index in [4.69, 9.17) is 10.5 Å². The van der Waals surface area contributed by atoms with Crippen molar-refractivity contribution in [3.05, 3.63) is 18.3 Å². The van der Waals surface area contributed by atoms with Gasteiger partial charge in [0, 0.05) is 45.8 Å². The van der Waals surface area contributed by atoms with Gasteiger partial charge >= 0.3 is 6.09 Å². The number of piperidine rings is 2. The van der Waals surface area contributed by atoms with Crippen LogP contribution in [0.4, 0.5) is 16.3 Å². The van der Waals surface area contributed by atoms with Gasteiger partial charge in [0.25, 0.3) is 0 Å². The van der Waals surface area contributed by atoms with Crippen molar-refractivity contribution in [1.29, 1.82) is 0 Å². The number of nitrogens with zero attached hydrogens (tertiary/aromatic N) is 4. The third kappa shape index (κ3) is 4.99. The van der Waals surface area contributed by atoms with E-state index in [0.29, 0.717) is 5.41 Å². The van der Waals surface area contributed by atoms with Gasteiger partial charge in [0.15, 0.2) is 0 Å². The molecule has 1 aromatic rings. The van der Waals surface area contributed by atoms with E-state index in [1.54, 1.807) is 6.20 Å². The second kappa shape index (κ2) is 8.25. The van der Waals surface area contributed by atoms with Gasteiger partial charge < -0.3 is 25.2 Å². The molecule has 0 saturated carbocycles. The second-order valence-electron chi connectivity index (χ2n) is 10.5. The van der Waals surface area contributed by atoms with Crippen LogP contribution < -0.4 is 10.6 Å². The zero-order valence-electron chi connectivity index (χ0n) is 18.8. The van der Waals surface area contributed by atoms with Crippen LogP contribution >= 0.6 is 0 Å². The molecule has 1 spiro atoms. The maximum Gasteiger partial charge on any atom is 0.410 e. The zero-order chi connectivity index (χ0) is 21.4. The van der Waals surface area contributed by atoms with Crippen molar-refractivity contribution in [2.75, 3.05) is 56.4 Å². The highest BCUT2D eigenvalue weighted by molar-refractivity contribution is 5.68. The van der Waals surface area contributed by atoms with E-state index < -0.39 is 5.60 Å². The minimum Gasteiger partial charge on any atom is -0.444 e. The van der Waals surface area contributed by atoms with E-state index in [1.165, 1.54) is 32.5 Å². The Balaban J connectivity index is 1.16. The van der Waals surface area contributed by atoms with Gasteiger partial charge in [-0.25, -0.2) is 9.78 Å². The fourth-order valence-electron chi connectivity index (χ4n) is 5.13. The number of nitrogens with two attached hydrogens (primary N) is 1. The summed E-state index contributed by atoms with van der Waals surface area (Å²) in [5, 5.41) is 0. The Kier molecular flexibility index (Phi) is 5.84. The van der Waals surface area contributed by atoms with E-state index >= 15 is 0 Å². The maximum absolute atomic E-state index is 12.3. The smallest absolute Gasteiger partial charge is 0.410 e. The highest BCUT2D eigenvalue weighted by Gasteiger charge is 2.46. The number of amides is 1. The molecule has 3 saturated heterocycles. The molecule has 1 aromatic heterocycles. The van der Waals surface area contributed by atoms with Crippen molar-refractivity contribution < 1.29 is 9.53 Å². The molecular weight excluding hydrogens is 378 g/mol. The van der Waals surface area contributed by atoms with Gasteiger partial charge in [0.2, 0.25) is 0 Å². The van der Waals surface area contributed by atoms with Crippen LogP contribution in [0.5, 0.6) is 0 Å². The van der Waals surface area contributed by atoms with Crippen molar-refractivity contribution in [2.45, 2.75) is 52.1 Å². The van der Waals surface area contributed by atoms with Gasteiger partial charge in [0.1, 0.15) is 11.4 Å². The molecule has 2 N–H and O–H groups in total. The third-order valence-electron chi connectivity index (χ3n) is 6.82. The average Bonchev–Trinajstić information content (AvgIpc) is 2.67. The molecule has 7 heteroatoms. The highest BCUT2D eigenvalue weighted by atomic mass is 16.6. The number of pyridine rings is 1. The normalized spacial score (nSPS) is 22.8. The molecule has 3 aliphatic heterocycles. The van der Waals surface area contributed by atoms with Gasteiger partial charge in [-0.3, -0.25) is 0 Å². The number of ether oxygens (including phenoxy) is 1. The summed E-state index contributed by atoms with van der Waals surface area (Å²) in [5.74, 6) is 1.82. The molecule has 0 bridgehead atoms. The minimum absolute atomic E-state index is 0.157. The number of carbonyl (C=O) groups is 1. The first kappa shape index (κ1) is 21.2. The van der Waals surface area contributed by atoms with Crippen LogP contribution in [-0.2, 0) is 4.74 Å². The van der Waals surface area contributed by atoms with Crippen molar-refractivity contribution in [2.24, 2.45) is 11.3 Å². The predicted octanol–water partition coefficient (Wildman–Crippen LogP) is 3.21. The van der Waals surface area contributed by atoms with Crippen LogP contribution in [0.15, 0.2) is 18.3 Å². The highest BCUT2D eigenvalue weighted by Crippen LogP contribution is 2.41. The van der Waals surface area contributed by atoms with Crippen molar-refractivity contribution >= 4 is 17.6 Å². The van der Waals surface area contributed by atoms with Gasteiger partial charge in [-0.15, -0.1) is 0 Å². The molecule has 4 heterocycles. The molecule has 0 aromatic carbocycles. The number of nitrogen functional groups attached to an aromatic ring is 1. The molecule has 30 heavy (non-hydrogen) atoms. The Hall–Kier alpha value is -2.02. The molecule has 166 valence electrons. The number of likely N-dealkylation sites (tertiary alicyclic amines) is 2. The number of anilines is 2. The lowest BCUT2D eigenvalue weighted by Crippen LogP contribution is -2.61. The molecule has 0 radical (unpaired) electrons. The SMILES string of the molecule is CC(C)(C)OC(=O)N1CCC2(CC1)CN(CC1CCN(c3ccc(N)cn3)CC1)C2. The third-order valence-corrected chi connectivity index (χ3v) is 6.82. The Morgan fingerprint density at radius 1 is 1.17 bits per heavy atom. The summed E-state index contributed by atoms with van der Waals surface area (Å²) in [6.07, 6.45) is 6.24. The van der Waals surface area contributed by atoms with Crippen LogP contribution in [0, 0.1) is 11.3 Å².